The van der Waals surface area contributed by atoms with Crippen LogP contribution in [-0.4, -0.2) is 65.8 Å². The van der Waals surface area contributed by atoms with Crippen LogP contribution in [0.3, 0.4) is 0 Å². The number of nitrogens with two attached hydrogens (primary N) is 2. The van der Waals surface area contributed by atoms with Crippen LogP contribution >= 0.6 is 0 Å². The highest BCUT2D eigenvalue weighted by atomic mass is 28.5. The van der Waals surface area contributed by atoms with E-state index in [9.17, 15) is 14.4 Å². The number of nitrogens with zero attached hydrogens (tertiary/aromatic N) is 3. The number of aromatic carboxylic acids is 1. The van der Waals surface area contributed by atoms with E-state index in [0.717, 1.165) is 0 Å². The molecule has 176 valence electrons. The summed E-state index contributed by atoms with van der Waals surface area (Å²) in [7, 11) is -5.94. The Morgan fingerprint density at radius 1 is 1.03 bits per heavy atom. The van der Waals surface area contributed by atoms with E-state index in [4.69, 9.17) is 20.7 Å². The summed E-state index contributed by atoms with van der Waals surface area (Å²) in [5.74, 6) is -0.538. The van der Waals surface area contributed by atoms with Gasteiger partial charge in [-0.3, -0.25) is 0 Å². The molecule has 1 aromatic heterocycles. The van der Waals surface area contributed by atoms with Gasteiger partial charge in [-0.05, 0) is 68.8 Å². The zero-order valence-electron chi connectivity index (χ0n) is 18.2. The van der Waals surface area contributed by atoms with Gasteiger partial charge in [-0.25, -0.2) is 4.79 Å². The van der Waals surface area contributed by atoms with Crippen LogP contribution in [0.5, 0.6) is 0 Å². The molecule has 2 rings (SSSR count). The highest BCUT2D eigenvalue weighted by Gasteiger charge is 2.37. The minimum absolute atomic E-state index is 0.0128. The van der Waals surface area contributed by atoms with E-state index in [-0.39, 0.29) is 23.4 Å². The molecule has 0 bridgehead atoms. The van der Waals surface area contributed by atoms with Crippen LogP contribution in [-0.2, 0) is 4.12 Å². The molecule has 0 fully saturated rings. The monoisotopic (exact) mass is 481 g/mol. The summed E-state index contributed by atoms with van der Waals surface area (Å²) in [4.78, 5) is 44.2. The molecule has 14 heteroatoms. The van der Waals surface area contributed by atoms with E-state index in [0.29, 0.717) is 43.7 Å². The predicted octanol–water partition coefficient (Wildman–Crippen LogP) is 1.19. The molecule has 2 unspecified atom stereocenters. The molecule has 32 heavy (non-hydrogen) atoms. The van der Waals surface area contributed by atoms with Gasteiger partial charge in [-0.2, -0.15) is 15.0 Å². The third kappa shape index (κ3) is 8.85. The molecule has 2 atom stereocenters. The van der Waals surface area contributed by atoms with Gasteiger partial charge in [-0.1, -0.05) is 0 Å². The number of benzene rings is 1. The molecule has 0 radical (unpaired) electrons. The Bertz CT molecular complexity index is 900. The second kappa shape index (κ2) is 11.3. The van der Waals surface area contributed by atoms with Gasteiger partial charge < -0.3 is 40.9 Å². The SMILES string of the molecule is C[Si](O)(CCCN)O[Si](C)(O)CCCNc1nc(N)nc(Nc2ccc(C(=O)O)cc2)n1. The smallest absolute Gasteiger partial charge is 0.335 e. The Labute approximate surface area is 188 Å². The number of rotatable bonds is 13. The molecule has 12 nitrogen and oxygen atoms in total. The molecule has 0 aliphatic rings. The van der Waals surface area contributed by atoms with Crippen molar-refractivity contribution in [3.63, 3.8) is 0 Å². The number of nitrogen functional groups attached to an aromatic ring is 1. The first-order valence-electron chi connectivity index (χ1n) is 10.2. The van der Waals surface area contributed by atoms with Gasteiger partial charge >= 0.3 is 23.1 Å². The fraction of sp³-hybridized carbons (Fsp3) is 0.444. The van der Waals surface area contributed by atoms with Gasteiger partial charge in [0.1, 0.15) is 0 Å². The Balaban J connectivity index is 1.88. The number of anilines is 4. The molecular weight excluding hydrogens is 450 g/mol. The molecule has 0 aliphatic carbocycles. The molecule has 2 aromatic rings. The van der Waals surface area contributed by atoms with E-state index in [1.807, 2.05) is 0 Å². The minimum atomic E-state index is -3.01. The van der Waals surface area contributed by atoms with Crippen molar-refractivity contribution in [1.82, 2.24) is 15.0 Å². The lowest BCUT2D eigenvalue weighted by molar-refractivity contribution is 0.0697. The number of carboxylic acid groups (broad SMARTS) is 1. The lowest BCUT2D eigenvalue weighted by Gasteiger charge is -2.30. The topological polar surface area (TPSA) is 202 Å². The van der Waals surface area contributed by atoms with Crippen molar-refractivity contribution in [2.45, 2.75) is 38.0 Å². The van der Waals surface area contributed by atoms with E-state index >= 15 is 0 Å². The number of carbonyl (C=O) groups is 1. The van der Waals surface area contributed by atoms with Crippen LogP contribution in [0.4, 0.5) is 23.5 Å². The van der Waals surface area contributed by atoms with Crippen LogP contribution in [0.1, 0.15) is 23.2 Å². The molecule has 0 saturated carbocycles. The van der Waals surface area contributed by atoms with Crippen molar-refractivity contribution in [2.75, 3.05) is 29.5 Å². The summed E-state index contributed by atoms with van der Waals surface area (Å²) in [6.07, 6.45) is 1.23. The van der Waals surface area contributed by atoms with E-state index < -0.39 is 23.1 Å². The van der Waals surface area contributed by atoms with Crippen LogP contribution < -0.4 is 22.1 Å². The fourth-order valence-electron chi connectivity index (χ4n) is 2.97. The van der Waals surface area contributed by atoms with Gasteiger partial charge in [0.2, 0.25) is 17.8 Å². The van der Waals surface area contributed by atoms with Gasteiger partial charge in [0.05, 0.1) is 5.56 Å². The maximum atomic E-state index is 10.9. The fourth-order valence-corrected chi connectivity index (χ4v) is 9.27. The first kappa shape index (κ1) is 25.6. The summed E-state index contributed by atoms with van der Waals surface area (Å²) in [5.41, 5.74) is 12.0. The Morgan fingerprint density at radius 3 is 2.22 bits per heavy atom. The molecule has 0 amide bonds. The van der Waals surface area contributed by atoms with Crippen molar-refractivity contribution in [3.05, 3.63) is 29.8 Å². The zero-order chi connectivity index (χ0) is 23.8. The highest BCUT2D eigenvalue weighted by molar-refractivity contribution is 6.78. The molecular formula is C18H31N7O5Si2. The maximum absolute atomic E-state index is 10.9. The summed E-state index contributed by atoms with van der Waals surface area (Å²) >= 11 is 0. The largest absolute Gasteiger partial charge is 0.478 e. The van der Waals surface area contributed by atoms with Crippen LogP contribution in [0.25, 0.3) is 0 Å². The van der Waals surface area contributed by atoms with Gasteiger partial charge in [-0.15, -0.1) is 0 Å². The van der Waals surface area contributed by atoms with E-state index in [1.54, 1.807) is 25.2 Å². The average Bonchev–Trinajstić information content (AvgIpc) is 2.69. The van der Waals surface area contributed by atoms with E-state index in [1.165, 1.54) is 12.1 Å². The van der Waals surface area contributed by atoms with Crippen molar-refractivity contribution in [1.29, 1.82) is 0 Å². The van der Waals surface area contributed by atoms with Crippen LogP contribution in [0.15, 0.2) is 24.3 Å². The highest BCUT2D eigenvalue weighted by Crippen LogP contribution is 2.20. The van der Waals surface area contributed by atoms with E-state index in [2.05, 4.69) is 25.6 Å². The molecule has 0 saturated heterocycles. The Hall–Kier alpha value is -2.63. The standard InChI is InChI=1S/C18H31N7O5Si2/c1-31(28,11-3-9-19)30-32(2,29)12-4-10-21-17-23-16(20)24-18(25-17)22-14-7-5-13(6-8-14)15(26)27/h5-8,28-29H,3-4,9-12,19H2,1-2H3,(H,26,27)(H4,20,21,22,23,24,25). The zero-order valence-corrected chi connectivity index (χ0v) is 20.2. The molecule has 1 aromatic carbocycles. The minimum Gasteiger partial charge on any atom is -0.478 e. The van der Waals surface area contributed by atoms with Crippen LogP contribution in [0, 0.1) is 0 Å². The van der Waals surface area contributed by atoms with Gasteiger partial charge in [0.25, 0.3) is 0 Å². The quantitative estimate of drug-likeness (QED) is 0.159. The van der Waals surface area contributed by atoms with Crippen LogP contribution in [0.2, 0.25) is 25.2 Å². The Morgan fingerprint density at radius 2 is 1.62 bits per heavy atom. The summed E-state index contributed by atoms with van der Waals surface area (Å²) < 4.78 is 5.70. The third-order valence-corrected chi connectivity index (χ3v) is 10.5. The second-order valence-electron chi connectivity index (χ2n) is 7.72. The molecule has 1 heterocycles. The van der Waals surface area contributed by atoms with Crippen molar-refractivity contribution >= 4 is 46.6 Å². The maximum Gasteiger partial charge on any atom is 0.335 e. The number of hydrogen-bond donors (Lipinski definition) is 7. The molecule has 9 N–H and O–H groups in total. The number of aromatic nitrogens is 3. The lowest BCUT2D eigenvalue weighted by Crippen LogP contribution is -2.49. The summed E-state index contributed by atoms with van der Waals surface area (Å²) in [6, 6.07) is 7.02. The normalized spacial score (nSPS) is 14.9. The third-order valence-electron chi connectivity index (χ3n) is 4.43. The average molecular weight is 482 g/mol. The predicted molar refractivity (Wildman–Crippen MR) is 126 cm³/mol. The lowest BCUT2D eigenvalue weighted by atomic mass is 10.2. The Kier molecular flexibility index (Phi) is 9.05. The second-order valence-corrected chi connectivity index (χ2v) is 14.2. The van der Waals surface area contributed by atoms with Crippen molar-refractivity contribution < 1.29 is 23.6 Å². The summed E-state index contributed by atoms with van der Waals surface area (Å²) in [6.45, 7) is 4.25. The van der Waals surface area contributed by atoms with Gasteiger partial charge in [0, 0.05) is 12.2 Å². The molecule has 0 spiro atoms. The first-order chi connectivity index (χ1) is 15.0. The number of nitrogens with one attached hydrogen (secondary N) is 2. The van der Waals surface area contributed by atoms with Crippen molar-refractivity contribution in [2.24, 2.45) is 5.73 Å². The number of carboxylic acids is 1. The van der Waals surface area contributed by atoms with Gasteiger partial charge in [0.15, 0.2) is 0 Å². The first-order valence-corrected chi connectivity index (χ1v) is 15.3. The number of hydrogen-bond acceptors (Lipinski definition) is 11. The van der Waals surface area contributed by atoms with Crippen molar-refractivity contribution in [3.8, 4) is 0 Å². The summed E-state index contributed by atoms with van der Waals surface area (Å²) in [5, 5.41) is 14.9. The molecule has 0 aliphatic heterocycles.